The third-order valence-corrected chi connectivity index (χ3v) is 2.98. The summed E-state index contributed by atoms with van der Waals surface area (Å²) in [6.45, 7) is 2.62. The highest BCUT2D eigenvalue weighted by molar-refractivity contribution is 6.31. The van der Waals surface area contributed by atoms with Crippen LogP contribution in [0.4, 0.5) is 0 Å². The molecule has 0 bridgehead atoms. The van der Waals surface area contributed by atoms with Crippen LogP contribution in [0.5, 0.6) is 0 Å². The number of hydrogen-bond donors (Lipinski definition) is 0. The third-order valence-electron chi connectivity index (χ3n) is 2.54. The van der Waals surface area contributed by atoms with Crippen molar-refractivity contribution < 1.29 is 4.74 Å². The van der Waals surface area contributed by atoms with Crippen molar-refractivity contribution in [3.63, 3.8) is 0 Å². The van der Waals surface area contributed by atoms with Crippen molar-refractivity contribution in [3.05, 3.63) is 23.1 Å². The van der Waals surface area contributed by atoms with Gasteiger partial charge in [0, 0.05) is 13.3 Å². The van der Waals surface area contributed by atoms with E-state index in [4.69, 9.17) is 27.9 Å². The standard InChI is InChI=1S/C11H13Cl2N3O/c1-7(6-17-2)16-10(4-12)15-9-3-8(13)5-14-11(9)16/h3,5,7H,4,6H2,1-2H3. The molecule has 1 unspecified atom stereocenters. The zero-order valence-corrected chi connectivity index (χ0v) is 11.2. The van der Waals surface area contributed by atoms with E-state index in [9.17, 15) is 0 Å². The number of fused-ring (bicyclic) bond motifs is 1. The number of rotatable bonds is 4. The molecule has 0 N–H and O–H groups in total. The Labute approximate surface area is 110 Å². The Bertz CT molecular complexity index is 527. The lowest BCUT2D eigenvalue weighted by Crippen LogP contribution is -2.14. The number of pyridine rings is 1. The number of hydrogen-bond acceptors (Lipinski definition) is 3. The highest BCUT2D eigenvalue weighted by atomic mass is 35.5. The number of aromatic nitrogens is 3. The summed E-state index contributed by atoms with van der Waals surface area (Å²) in [5.74, 6) is 1.11. The van der Waals surface area contributed by atoms with Crippen LogP contribution in [0.15, 0.2) is 12.3 Å². The molecule has 0 aromatic carbocycles. The van der Waals surface area contributed by atoms with E-state index in [0.717, 1.165) is 17.0 Å². The molecule has 6 heteroatoms. The molecule has 2 aromatic heterocycles. The first-order valence-corrected chi connectivity index (χ1v) is 6.16. The van der Waals surface area contributed by atoms with Crippen LogP contribution < -0.4 is 0 Å². The summed E-state index contributed by atoms with van der Waals surface area (Å²) in [4.78, 5) is 8.73. The maximum atomic E-state index is 5.90. The highest BCUT2D eigenvalue weighted by Crippen LogP contribution is 2.23. The van der Waals surface area contributed by atoms with Gasteiger partial charge in [-0.3, -0.25) is 0 Å². The predicted octanol–water partition coefficient (Wildman–Crippen LogP) is 3.03. The van der Waals surface area contributed by atoms with Gasteiger partial charge in [0.05, 0.1) is 23.6 Å². The minimum absolute atomic E-state index is 0.132. The van der Waals surface area contributed by atoms with Crippen LogP contribution in [0.3, 0.4) is 0 Å². The van der Waals surface area contributed by atoms with Gasteiger partial charge in [-0.2, -0.15) is 0 Å². The second kappa shape index (κ2) is 5.21. The first-order chi connectivity index (χ1) is 8.17. The summed E-state index contributed by atoms with van der Waals surface area (Å²) in [6.07, 6.45) is 1.61. The molecular weight excluding hydrogens is 261 g/mol. The van der Waals surface area contributed by atoms with Crippen molar-refractivity contribution >= 4 is 34.4 Å². The summed E-state index contributed by atoms with van der Waals surface area (Å²) < 4.78 is 7.14. The van der Waals surface area contributed by atoms with Gasteiger partial charge in [0.15, 0.2) is 5.65 Å². The summed E-state index contributed by atoms with van der Waals surface area (Å²) >= 11 is 11.8. The van der Waals surface area contributed by atoms with E-state index in [0.29, 0.717) is 17.5 Å². The largest absolute Gasteiger partial charge is 0.383 e. The molecule has 0 aliphatic rings. The Kier molecular flexibility index (Phi) is 3.86. The van der Waals surface area contributed by atoms with Gasteiger partial charge < -0.3 is 9.30 Å². The lowest BCUT2D eigenvalue weighted by atomic mass is 10.3. The van der Waals surface area contributed by atoms with Crippen LogP contribution in [-0.4, -0.2) is 28.3 Å². The van der Waals surface area contributed by atoms with Crippen LogP contribution >= 0.6 is 23.2 Å². The Hall–Kier alpha value is -0.840. The normalized spacial score (nSPS) is 13.2. The number of nitrogens with zero attached hydrogens (tertiary/aromatic N) is 3. The van der Waals surface area contributed by atoms with Gasteiger partial charge in [-0.1, -0.05) is 11.6 Å². The SMILES string of the molecule is COCC(C)n1c(CCl)nc2cc(Cl)cnc21. The van der Waals surface area contributed by atoms with Crippen LogP contribution in [0.2, 0.25) is 5.02 Å². The molecule has 0 radical (unpaired) electrons. The Morgan fingerprint density at radius 2 is 2.29 bits per heavy atom. The average Bonchev–Trinajstić information content (AvgIpc) is 2.66. The Morgan fingerprint density at radius 3 is 2.94 bits per heavy atom. The second-order valence-corrected chi connectivity index (χ2v) is 4.54. The third kappa shape index (κ3) is 2.39. The molecule has 0 amide bonds. The Balaban J connectivity index is 2.58. The minimum atomic E-state index is 0.132. The molecule has 2 rings (SSSR count). The summed E-state index contributed by atoms with van der Waals surface area (Å²) in [5, 5.41) is 0.572. The van der Waals surface area contributed by atoms with Crippen molar-refractivity contribution in [3.8, 4) is 0 Å². The van der Waals surface area contributed by atoms with Gasteiger partial charge in [-0.25, -0.2) is 9.97 Å². The maximum Gasteiger partial charge on any atom is 0.160 e. The van der Waals surface area contributed by atoms with Gasteiger partial charge in [0.2, 0.25) is 0 Å². The fourth-order valence-corrected chi connectivity index (χ4v) is 2.22. The predicted molar refractivity (Wildman–Crippen MR) is 68.7 cm³/mol. The number of alkyl halides is 1. The molecule has 0 aliphatic carbocycles. The lowest BCUT2D eigenvalue weighted by molar-refractivity contribution is 0.162. The zero-order valence-electron chi connectivity index (χ0n) is 9.65. The molecule has 0 saturated carbocycles. The smallest absolute Gasteiger partial charge is 0.160 e. The lowest BCUT2D eigenvalue weighted by Gasteiger charge is -2.15. The minimum Gasteiger partial charge on any atom is -0.383 e. The molecule has 2 heterocycles. The first kappa shape index (κ1) is 12.6. The fraction of sp³-hybridized carbons (Fsp3) is 0.455. The van der Waals surface area contributed by atoms with Gasteiger partial charge in [-0.15, -0.1) is 11.6 Å². The topological polar surface area (TPSA) is 39.9 Å². The summed E-state index contributed by atoms with van der Waals surface area (Å²) in [6, 6.07) is 1.92. The van der Waals surface area contributed by atoms with Gasteiger partial charge in [0.25, 0.3) is 0 Å². The monoisotopic (exact) mass is 273 g/mol. The second-order valence-electron chi connectivity index (χ2n) is 3.83. The van der Waals surface area contributed by atoms with Crippen molar-refractivity contribution in [2.24, 2.45) is 0 Å². The number of methoxy groups -OCH3 is 1. The fourth-order valence-electron chi connectivity index (χ4n) is 1.88. The molecule has 0 aliphatic heterocycles. The van der Waals surface area contributed by atoms with E-state index in [1.807, 2.05) is 11.5 Å². The molecule has 4 nitrogen and oxygen atoms in total. The van der Waals surface area contributed by atoms with Crippen molar-refractivity contribution in [1.29, 1.82) is 0 Å². The van der Waals surface area contributed by atoms with Crippen LogP contribution in [-0.2, 0) is 10.6 Å². The number of ether oxygens (including phenoxy) is 1. The van der Waals surface area contributed by atoms with E-state index in [2.05, 4.69) is 9.97 Å². The van der Waals surface area contributed by atoms with Crippen LogP contribution in [0, 0.1) is 0 Å². The Morgan fingerprint density at radius 1 is 1.53 bits per heavy atom. The van der Waals surface area contributed by atoms with E-state index in [1.165, 1.54) is 0 Å². The van der Waals surface area contributed by atoms with E-state index in [-0.39, 0.29) is 6.04 Å². The molecule has 17 heavy (non-hydrogen) atoms. The van der Waals surface area contributed by atoms with Crippen LogP contribution in [0.25, 0.3) is 11.2 Å². The van der Waals surface area contributed by atoms with Crippen molar-refractivity contribution in [1.82, 2.24) is 14.5 Å². The van der Waals surface area contributed by atoms with E-state index < -0.39 is 0 Å². The summed E-state index contributed by atoms with van der Waals surface area (Å²) in [5.41, 5.74) is 1.55. The number of imidazole rings is 1. The van der Waals surface area contributed by atoms with Crippen molar-refractivity contribution in [2.45, 2.75) is 18.8 Å². The average molecular weight is 274 g/mol. The van der Waals surface area contributed by atoms with Crippen LogP contribution in [0.1, 0.15) is 18.8 Å². The van der Waals surface area contributed by atoms with E-state index in [1.54, 1.807) is 19.4 Å². The molecular formula is C11H13Cl2N3O. The van der Waals surface area contributed by atoms with Gasteiger partial charge >= 0.3 is 0 Å². The first-order valence-electron chi connectivity index (χ1n) is 5.24. The summed E-state index contributed by atoms with van der Waals surface area (Å²) in [7, 11) is 1.67. The quantitative estimate of drug-likeness (QED) is 0.804. The van der Waals surface area contributed by atoms with Crippen molar-refractivity contribution in [2.75, 3.05) is 13.7 Å². The molecule has 0 fully saturated rings. The van der Waals surface area contributed by atoms with E-state index >= 15 is 0 Å². The molecule has 0 saturated heterocycles. The molecule has 1 atom stereocenters. The maximum absolute atomic E-state index is 5.90. The number of halogens is 2. The van der Waals surface area contributed by atoms with Gasteiger partial charge in [-0.05, 0) is 13.0 Å². The van der Waals surface area contributed by atoms with Gasteiger partial charge in [0.1, 0.15) is 11.3 Å². The molecule has 92 valence electrons. The molecule has 0 spiro atoms. The highest BCUT2D eigenvalue weighted by Gasteiger charge is 2.16. The zero-order chi connectivity index (χ0) is 12.4. The molecule has 2 aromatic rings.